The fraction of sp³-hybridized carbons (Fsp3) is 0.167. The molecule has 2 aromatic carbocycles. The molecular formula is C18H18O2. The predicted molar refractivity (Wildman–Crippen MR) is 82.3 cm³/mol. The molecule has 0 bridgehead atoms. The van der Waals surface area contributed by atoms with E-state index in [2.05, 4.69) is 0 Å². The van der Waals surface area contributed by atoms with E-state index >= 15 is 0 Å². The molecule has 0 aliphatic rings. The van der Waals surface area contributed by atoms with Gasteiger partial charge < -0.3 is 4.74 Å². The Kier molecular flexibility index (Phi) is 4.36. The van der Waals surface area contributed by atoms with Gasteiger partial charge in [0.15, 0.2) is 5.78 Å². The average molecular weight is 266 g/mol. The van der Waals surface area contributed by atoms with Gasteiger partial charge in [-0.1, -0.05) is 42.5 Å². The van der Waals surface area contributed by atoms with E-state index in [1.54, 1.807) is 13.2 Å². The quantitative estimate of drug-likeness (QED) is 0.612. The van der Waals surface area contributed by atoms with E-state index < -0.39 is 0 Å². The molecule has 0 aromatic heterocycles. The number of carbonyl (C=O) groups is 1. The van der Waals surface area contributed by atoms with Crippen LogP contribution in [0.5, 0.6) is 5.75 Å². The number of methoxy groups -OCH3 is 1. The lowest BCUT2D eigenvalue weighted by atomic mass is 10.0. The van der Waals surface area contributed by atoms with Crippen LogP contribution in [-0.2, 0) is 0 Å². The van der Waals surface area contributed by atoms with Gasteiger partial charge in [-0.05, 0) is 42.7 Å². The fourth-order valence-electron chi connectivity index (χ4n) is 2.15. The topological polar surface area (TPSA) is 26.3 Å². The lowest BCUT2D eigenvalue weighted by Crippen LogP contribution is -2.01. The molecule has 0 atom stereocenters. The standard InChI is InChI=1S/C18H18O2/c1-13-7-4-5-9-15(13)11-12-16(19)18-14(2)8-6-10-17(18)20-3/h4-12H,1-3H3/b12-11+. The Morgan fingerprint density at radius 2 is 1.70 bits per heavy atom. The maximum Gasteiger partial charge on any atom is 0.189 e. The van der Waals surface area contributed by atoms with Crippen molar-refractivity contribution < 1.29 is 9.53 Å². The SMILES string of the molecule is COc1cccc(C)c1C(=O)/C=C/c1ccccc1C. The Morgan fingerprint density at radius 1 is 1.00 bits per heavy atom. The molecule has 0 saturated carbocycles. The summed E-state index contributed by atoms with van der Waals surface area (Å²) in [4.78, 5) is 12.4. The van der Waals surface area contributed by atoms with Gasteiger partial charge in [0.1, 0.15) is 5.75 Å². The monoisotopic (exact) mass is 266 g/mol. The van der Waals surface area contributed by atoms with Crippen molar-refractivity contribution in [3.8, 4) is 5.75 Å². The minimum atomic E-state index is -0.0387. The van der Waals surface area contributed by atoms with E-state index in [1.165, 1.54) is 0 Å². The van der Waals surface area contributed by atoms with Crippen LogP contribution in [0.3, 0.4) is 0 Å². The Morgan fingerprint density at radius 3 is 2.40 bits per heavy atom. The molecule has 0 amide bonds. The number of allylic oxidation sites excluding steroid dienone is 1. The number of rotatable bonds is 4. The summed E-state index contributed by atoms with van der Waals surface area (Å²) in [5.41, 5.74) is 3.74. The summed E-state index contributed by atoms with van der Waals surface area (Å²) in [5, 5.41) is 0. The number of ketones is 1. The van der Waals surface area contributed by atoms with E-state index in [4.69, 9.17) is 4.74 Å². The molecular weight excluding hydrogens is 248 g/mol. The zero-order chi connectivity index (χ0) is 14.5. The normalized spacial score (nSPS) is 10.8. The van der Waals surface area contributed by atoms with E-state index in [-0.39, 0.29) is 5.78 Å². The van der Waals surface area contributed by atoms with Gasteiger partial charge in [-0.2, -0.15) is 0 Å². The first kappa shape index (κ1) is 14.1. The number of hydrogen-bond donors (Lipinski definition) is 0. The van der Waals surface area contributed by atoms with Crippen molar-refractivity contribution >= 4 is 11.9 Å². The van der Waals surface area contributed by atoms with Crippen LogP contribution in [0, 0.1) is 13.8 Å². The van der Waals surface area contributed by atoms with Gasteiger partial charge in [-0.3, -0.25) is 4.79 Å². The lowest BCUT2D eigenvalue weighted by molar-refractivity contribution is 0.104. The van der Waals surface area contributed by atoms with Crippen molar-refractivity contribution in [1.29, 1.82) is 0 Å². The second-order valence-electron chi connectivity index (χ2n) is 4.71. The summed E-state index contributed by atoms with van der Waals surface area (Å²) in [6.07, 6.45) is 3.46. The number of benzene rings is 2. The Hall–Kier alpha value is -2.35. The van der Waals surface area contributed by atoms with Crippen molar-refractivity contribution in [2.24, 2.45) is 0 Å². The third kappa shape index (κ3) is 2.97. The highest BCUT2D eigenvalue weighted by Gasteiger charge is 2.12. The second-order valence-corrected chi connectivity index (χ2v) is 4.71. The lowest BCUT2D eigenvalue weighted by Gasteiger charge is -2.08. The van der Waals surface area contributed by atoms with E-state index in [0.717, 1.165) is 16.7 Å². The average Bonchev–Trinajstić information content (AvgIpc) is 2.45. The molecule has 2 aromatic rings. The highest BCUT2D eigenvalue weighted by Crippen LogP contribution is 2.23. The molecule has 2 heteroatoms. The van der Waals surface area contributed by atoms with Gasteiger partial charge in [0, 0.05) is 0 Å². The summed E-state index contributed by atoms with van der Waals surface area (Å²) in [5.74, 6) is 0.577. The Bertz CT molecular complexity index is 654. The van der Waals surface area contributed by atoms with Crippen LogP contribution in [0.25, 0.3) is 6.08 Å². The molecule has 0 aliphatic carbocycles. The van der Waals surface area contributed by atoms with Crippen molar-refractivity contribution in [2.75, 3.05) is 7.11 Å². The third-order valence-electron chi connectivity index (χ3n) is 3.30. The molecule has 0 unspecified atom stereocenters. The highest BCUT2D eigenvalue weighted by molar-refractivity contribution is 6.09. The van der Waals surface area contributed by atoms with Gasteiger partial charge in [0.25, 0.3) is 0 Å². The number of aryl methyl sites for hydroxylation is 2. The third-order valence-corrected chi connectivity index (χ3v) is 3.30. The van der Waals surface area contributed by atoms with Crippen molar-refractivity contribution in [1.82, 2.24) is 0 Å². The maximum atomic E-state index is 12.4. The van der Waals surface area contributed by atoms with Crippen LogP contribution in [-0.4, -0.2) is 12.9 Å². The minimum Gasteiger partial charge on any atom is -0.496 e. The van der Waals surface area contributed by atoms with Crippen LogP contribution < -0.4 is 4.74 Å². The molecule has 0 N–H and O–H groups in total. The van der Waals surface area contributed by atoms with E-state index in [0.29, 0.717) is 11.3 Å². The largest absolute Gasteiger partial charge is 0.496 e. The molecule has 2 rings (SSSR count). The minimum absolute atomic E-state index is 0.0387. The maximum absolute atomic E-state index is 12.4. The molecule has 0 aliphatic heterocycles. The summed E-state index contributed by atoms with van der Waals surface area (Å²) in [7, 11) is 1.58. The van der Waals surface area contributed by atoms with Crippen molar-refractivity contribution in [2.45, 2.75) is 13.8 Å². The van der Waals surface area contributed by atoms with Gasteiger partial charge >= 0.3 is 0 Å². The van der Waals surface area contributed by atoms with Crippen molar-refractivity contribution in [3.63, 3.8) is 0 Å². The number of carbonyl (C=O) groups excluding carboxylic acids is 1. The summed E-state index contributed by atoms with van der Waals surface area (Å²) in [6, 6.07) is 13.6. The van der Waals surface area contributed by atoms with Gasteiger partial charge in [-0.25, -0.2) is 0 Å². The second kappa shape index (κ2) is 6.20. The number of hydrogen-bond acceptors (Lipinski definition) is 2. The predicted octanol–water partition coefficient (Wildman–Crippen LogP) is 4.21. The van der Waals surface area contributed by atoms with E-state index in [9.17, 15) is 4.79 Å². The van der Waals surface area contributed by atoms with E-state index in [1.807, 2.05) is 62.4 Å². The van der Waals surface area contributed by atoms with Crippen LogP contribution >= 0.6 is 0 Å². The van der Waals surface area contributed by atoms with Gasteiger partial charge in [0.05, 0.1) is 12.7 Å². The first-order valence-electron chi connectivity index (χ1n) is 6.55. The summed E-state index contributed by atoms with van der Waals surface area (Å²) in [6.45, 7) is 3.94. The molecule has 0 fully saturated rings. The zero-order valence-corrected chi connectivity index (χ0v) is 12.0. The number of ether oxygens (including phenoxy) is 1. The van der Waals surface area contributed by atoms with Crippen LogP contribution in [0.15, 0.2) is 48.5 Å². The molecule has 0 radical (unpaired) electrons. The first-order valence-corrected chi connectivity index (χ1v) is 6.55. The van der Waals surface area contributed by atoms with Crippen LogP contribution in [0.2, 0.25) is 0 Å². The summed E-state index contributed by atoms with van der Waals surface area (Å²) >= 11 is 0. The fourth-order valence-corrected chi connectivity index (χ4v) is 2.15. The van der Waals surface area contributed by atoms with Crippen LogP contribution in [0.1, 0.15) is 27.0 Å². The van der Waals surface area contributed by atoms with Crippen molar-refractivity contribution in [3.05, 3.63) is 70.8 Å². The molecule has 0 saturated heterocycles. The summed E-state index contributed by atoms with van der Waals surface area (Å²) < 4.78 is 5.27. The van der Waals surface area contributed by atoms with Gasteiger partial charge in [0.2, 0.25) is 0 Å². The Labute approximate surface area is 119 Å². The molecule has 0 spiro atoms. The molecule has 0 heterocycles. The zero-order valence-electron chi connectivity index (χ0n) is 12.0. The molecule has 102 valence electrons. The molecule has 2 nitrogen and oxygen atoms in total. The highest BCUT2D eigenvalue weighted by atomic mass is 16.5. The first-order chi connectivity index (χ1) is 9.63. The smallest absolute Gasteiger partial charge is 0.189 e. The Balaban J connectivity index is 2.32. The molecule has 20 heavy (non-hydrogen) atoms. The van der Waals surface area contributed by atoms with Crippen LogP contribution in [0.4, 0.5) is 0 Å². The van der Waals surface area contributed by atoms with Gasteiger partial charge in [-0.15, -0.1) is 0 Å².